The number of hydrogen-bond acceptors (Lipinski definition) is 3. The molecule has 0 spiro atoms. The monoisotopic (exact) mass is 270 g/mol. The Kier molecular flexibility index (Phi) is 3.41. The zero-order chi connectivity index (χ0) is 13.9. The Labute approximate surface area is 118 Å². The molecule has 0 bridgehead atoms. The van der Waals surface area contributed by atoms with Crippen LogP contribution in [0.25, 0.3) is 0 Å². The number of nitrogens with one attached hydrogen (secondary N) is 2. The number of benzene rings is 1. The van der Waals surface area contributed by atoms with Crippen LogP contribution in [0.3, 0.4) is 0 Å². The number of aryl methyl sites for hydroxylation is 1. The van der Waals surface area contributed by atoms with Gasteiger partial charge in [0.25, 0.3) is 0 Å². The highest BCUT2D eigenvalue weighted by Gasteiger charge is 2.28. The van der Waals surface area contributed by atoms with E-state index >= 15 is 0 Å². The lowest BCUT2D eigenvalue weighted by atomic mass is 10.1. The van der Waals surface area contributed by atoms with Crippen molar-refractivity contribution in [2.24, 2.45) is 7.05 Å². The Balaban J connectivity index is 1.80. The number of carbonyl (C=O) groups excluding carboxylic acids is 1. The molecule has 1 saturated carbocycles. The van der Waals surface area contributed by atoms with Crippen molar-refractivity contribution >= 4 is 11.6 Å². The third-order valence-corrected chi connectivity index (χ3v) is 3.33. The zero-order valence-electron chi connectivity index (χ0n) is 11.4. The minimum absolute atomic E-state index is 0.0163. The summed E-state index contributed by atoms with van der Waals surface area (Å²) in [5.74, 6) is 0.0163. The molecule has 1 amide bonds. The summed E-state index contributed by atoms with van der Waals surface area (Å²) in [5.41, 5.74) is 1.79. The number of amides is 1. The van der Waals surface area contributed by atoms with Crippen LogP contribution in [0.4, 0.5) is 5.69 Å². The minimum Gasteiger partial charge on any atom is -0.368 e. The largest absolute Gasteiger partial charge is 0.368 e. The molecule has 1 heterocycles. The van der Waals surface area contributed by atoms with Crippen molar-refractivity contribution in [1.29, 1.82) is 0 Å². The first-order valence-electron chi connectivity index (χ1n) is 6.83. The van der Waals surface area contributed by atoms with Gasteiger partial charge in [-0.1, -0.05) is 30.3 Å². The van der Waals surface area contributed by atoms with Gasteiger partial charge in [0.2, 0.25) is 5.91 Å². The summed E-state index contributed by atoms with van der Waals surface area (Å²) >= 11 is 0. The van der Waals surface area contributed by atoms with Gasteiger partial charge < -0.3 is 10.6 Å². The van der Waals surface area contributed by atoms with Crippen molar-refractivity contribution in [1.82, 2.24) is 15.1 Å². The molecule has 0 aliphatic heterocycles. The average Bonchev–Trinajstić information content (AvgIpc) is 3.17. The van der Waals surface area contributed by atoms with Crippen molar-refractivity contribution < 1.29 is 4.79 Å². The van der Waals surface area contributed by atoms with Crippen LogP contribution < -0.4 is 10.6 Å². The molecule has 1 aliphatic rings. The Hall–Kier alpha value is -2.30. The Morgan fingerprint density at radius 3 is 2.70 bits per heavy atom. The first-order valence-corrected chi connectivity index (χ1v) is 6.83. The maximum Gasteiger partial charge on any atom is 0.247 e. The van der Waals surface area contributed by atoms with Gasteiger partial charge in [-0.25, -0.2) is 0 Å². The fourth-order valence-corrected chi connectivity index (χ4v) is 2.12. The van der Waals surface area contributed by atoms with Crippen molar-refractivity contribution in [2.45, 2.75) is 24.9 Å². The molecule has 0 unspecified atom stereocenters. The van der Waals surface area contributed by atoms with Crippen LogP contribution in [0, 0.1) is 0 Å². The number of rotatable bonds is 5. The topological polar surface area (TPSA) is 59.0 Å². The predicted molar refractivity (Wildman–Crippen MR) is 77.2 cm³/mol. The lowest BCUT2D eigenvalue weighted by Crippen LogP contribution is -2.34. The normalized spacial score (nSPS) is 15.7. The van der Waals surface area contributed by atoms with Crippen LogP contribution >= 0.6 is 0 Å². The molecule has 1 atom stereocenters. The Morgan fingerprint density at radius 2 is 2.10 bits per heavy atom. The standard InChI is InChI=1S/C15H18N4O/c1-19-10-13(9-16-19)17-14(11-5-3-2-4-6-11)15(20)18-12-7-8-12/h2-6,9-10,12,14,17H,7-8H2,1H3,(H,18,20)/t14-/m0/s1. The number of aromatic nitrogens is 2. The number of nitrogens with zero attached hydrogens (tertiary/aromatic N) is 2. The summed E-state index contributed by atoms with van der Waals surface area (Å²) in [6, 6.07) is 9.71. The lowest BCUT2D eigenvalue weighted by Gasteiger charge is -2.18. The fourth-order valence-electron chi connectivity index (χ4n) is 2.12. The van der Waals surface area contributed by atoms with Crippen molar-refractivity contribution in [2.75, 3.05) is 5.32 Å². The van der Waals surface area contributed by atoms with E-state index in [0.29, 0.717) is 6.04 Å². The zero-order valence-corrected chi connectivity index (χ0v) is 11.4. The quantitative estimate of drug-likeness (QED) is 0.871. The molecule has 1 aliphatic carbocycles. The van der Waals surface area contributed by atoms with E-state index in [1.807, 2.05) is 43.6 Å². The van der Waals surface area contributed by atoms with Crippen LogP contribution in [-0.2, 0) is 11.8 Å². The molecule has 2 aromatic rings. The summed E-state index contributed by atoms with van der Waals surface area (Å²) in [6.07, 6.45) is 5.75. The van der Waals surface area contributed by atoms with Gasteiger partial charge in [0.05, 0.1) is 11.9 Å². The summed E-state index contributed by atoms with van der Waals surface area (Å²) in [4.78, 5) is 12.4. The number of anilines is 1. The second-order valence-corrected chi connectivity index (χ2v) is 5.17. The van der Waals surface area contributed by atoms with Gasteiger partial charge in [0.1, 0.15) is 6.04 Å². The Bertz CT molecular complexity index is 589. The Morgan fingerprint density at radius 1 is 1.35 bits per heavy atom. The number of hydrogen-bond donors (Lipinski definition) is 2. The van der Waals surface area contributed by atoms with Crippen LogP contribution in [0.2, 0.25) is 0 Å². The second kappa shape index (κ2) is 5.36. The molecule has 1 aromatic heterocycles. The van der Waals surface area contributed by atoms with E-state index in [-0.39, 0.29) is 11.9 Å². The molecule has 20 heavy (non-hydrogen) atoms. The first kappa shape index (κ1) is 12.7. The highest BCUT2D eigenvalue weighted by Crippen LogP contribution is 2.23. The number of carbonyl (C=O) groups is 1. The molecular formula is C15H18N4O. The molecule has 104 valence electrons. The van der Waals surface area contributed by atoms with Crippen LogP contribution in [0.5, 0.6) is 0 Å². The molecule has 1 aromatic carbocycles. The molecule has 0 radical (unpaired) electrons. The third-order valence-electron chi connectivity index (χ3n) is 3.33. The minimum atomic E-state index is -0.388. The van der Waals surface area contributed by atoms with Gasteiger partial charge in [-0.2, -0.15) is 5.10 Å². The van der Waals surface area contributed by atoms with Crippen molar-refractivity contribution in [3.8, 4) is 0 Å². The van der Waals surface area contributed by atoms with Gasteiger partial charge in [-0.15, -0.1) is 0 Å². The summed E-state index contributed by atoms with van der Waals surface area (Å²) < 4.78 is 1.71. The van der Waals surface area contributed by atoms with Gasteiger partial charge in [-0.3, -0.25) is 9.48 Å². The van der Waals surface area contributed by atoms with Crippen LogP contribution in [-0.4, -0.2) is 21.7 Å². The molecule has 3 rings (SSSR count). The van der Waals surface area contributed by atoms with E-state index in [2.05, 4.69) is 15.7 Å². The van der Waals surface area contributed by atoms with E-state index in [1.165, 1.54) is 0 Å². The van der Waals surface area contributed by atoms with Gasteiger partial charge in [-0.05, 0) is 18.4 Å². The molecular weight excluding hydrogens is 252 g/mol. The molecule has 5 nitrogen and oxygen atoms in total. The molecule has 1 fully saturated rings. The van der Waals surface area contributed by atoms with E-state index in [0.717, 1.165) is 24.1 Å². The second-order valence-electron chi connectivity index (χ2n) is 5.17. The lowest BCUT2D eigenvalue weighted by molar-refractivity contribution is -0.122. The van der Waals surface area contributed by atoms with E-state index in [9.17, 15) is 4.79 Å². The molecule has 2 N–H and O–H groups in total. The van der Waals surface area contributed by atoms with Crippen LogP contribution in [0.15, 0.2) is 42.7 Å². The summed E-state index contributed by atoms with van der Waals surface area (Å²) in [6.45, 7) is 0. The smallest absolute Gasteiger partial charge is 0.247 e. The van der Waals surface area contributed by atoms with E-state index < -0.39 is 0 Å². The van der Waals surface area contributed by atoms with E-state index in [1.54, 1.807) is 10.9 Å². The van der Waals surface area contributed by atoms with Gasteiger partial charge >= 0.3 is 0 Å². The maximum absolute atomic E-state index is 12.4. The molecule has 5 heteroatoms. The predicted octanol–water partition coefficient (Wildman–Crippen LogP) is 1.85. The van der Waals surface area contributed by atoms with E-state index in [4.69, 9.17) is 0 Å². The summed E-state index contributed by atoms with van der Waals surface area (Å²) in [7, 11) is 1.85. The van der Waals surface area contributed by atoms with Crippen molar-refractivity contribution in [3.63, 3.8) is 0 Å². The fraction of sp³-hybridized carbons (Fsp3) is 0.333. The summed E-state index contributed by atoms with van der Waals surface area (Å²) in [5, 5.41) is 10.4. The van der Waals surface area contributed by atoms with Crippen molar-refractivity contribution in [3.05, 3.63) is 48.3 Å². The highest BCUT2D eigenvalue weighted by atomic mass is 16.2. The highest BCUT2D eigenvalue weighted by molar-refractivity contribution is 5.86. The third kappa shape index (κ3) is 2.99. The SMILES string of the molecule is Cn1cc(N[C@H](C(=O)NC2CC2)c2ccccc2)cn1. The van der Waals surface area contributed by atoms with Gasteiger partial charge in [0, 0.05) is 19.3 Å². The molecule has 0 saturated heterocycles. The van der Waals surface area contributed by atoms with Gasteiger partial charge in [0.15, 0.2) is 0 Å². The average molecular weight is 270 g/mol. The maximum atomic E-state index is 12.4. The first-order chi connectivity index (χ1) is 9.72. The van der Waals surface area contributed by atoms with Crippen LogP contribution in [0.1, 0.15) is 24.4 Å².